The number of amides is 1. The predicted octanol–water partition coefficient (Wildman–Crippen LogP) is 1.57. The van der Waals surface area contributed by atoms with Crippen molar-refractivity contribution in [3.8, 4) is 0 Å². The smallest absolute Gasteiger partial charge is 0.305 e. The Morgan fingerprint density at radius 2 is 2.00 bits per heavy atom. The second-order valence-corrected chi connectivity index (χ2v) is 6.44. The zero-order valence-corrected chi connectivity index (χ0v) is 13.3. The summed E-state index contributed by atoms with van der Waals surface area (Å²) >= 11 is 0. The standard InChI is InChI=1S/C16H28N2O3/c1-3-15(19)18-10-13(8-16(20)21-2)7-14(11-18)17-9-12-5-4-6-12/h12-14,17H,3-11H2,1-2H3. The fourth-order valence-electron chi connectivity index (χ4n) is 3.28. The number of piperidine rings is 1. The number of nitrogens with zero attached hydrogens (tertiary/aromatic N) is 1. The number of esters is 1. The molecule has 2 unspecified atom stereocenters. The van der Waals surface area contributed by atoms with E-state index in [1.807, 2.05) is 11.8 Å². The summed E-state index contributed by atoms with van der Waals surface area (Å²) in [6, 6.07) is 0.310. The lowest BCUT2D eigenvalue weighted by atomic mass is 9.84. The van der Waals surface area contributed by atoms with Crippen LogP contribution in [0.5, 0.6) is 0 Å². The van der Waals surface area contributed by atoms with Gasteiger partial charge in [-0.15, -0.1) is 0 Å². The molecule has 0 spiro atoms. The molecule has 1 aliphatic carbocycles. The first-order valence-corrected chi connectivity index (χ1v) is 8.20. The summed E-state index contributed by atoms with van der Waals surface area (Å²) in [5.74, 6) is 1.02. The molecule has 0 aromatic heterocycles. The van der Waals surface area contributed by atoms with Crippen molar-refractivity contribution in [2.45, 2.75) is 51.5 Å². The van der Waals surface area contributed by atoms with Gasteiger partial charge in [0, 0.05) is 25.6 Å². The zero-order chi connectivity index (χ0) is 15.2. The van der Waals surface area contributed by atoms with Crippen molar-refractivity contribution in [3.05, 3.63) is 0 Å². The Morgan fingerprint density at radius 1 is 1.24 bits per heavy atom. The molecule has 0 radical (unpaired) electrons. The van der Waals surface area contributed by atoms with Crippen LogP contribution in [0.15, 0.2) is 0 Å². The van der Waals surface area contributed by atoms with E-state index in [4.69, 9.17) is 4.74 Å². The molecule has 21 heavy (non-hydrogen) atoms. The maximum atomic E-state index is 12.0. The van der Waals surface area contributed by atoms with Crippen molar-refractivity contribution in [3.63, 3.8) is 0 Å². The number of hydrogen-bond donors (Lipinski definition) is 1. The Balaban J connectivity index is 1.88. The summed E-state index contributed by atoms with van der Waals surface area (Å²) in [5, 5.41) is 3.61. The third-order valence-electron chi connectivity index (χ3n) is 4.80. The quantitative estimate of drug-likeness (QED) is 0.756. The van der Waals surface area contributed by atoms with Crippen molar-refractivity contribution < 1.29 is 14.3 Å². The van der Waals surface area contributed by atoms with Crippen LogP contribution in [0, 0.1) is 11.8 Å². The van der Waals surface area contributed by atoms with E-state index >= 15 is 0 Å². The topological polar surface area (TPSA) is 58.6 Å². The molecule has 2 rings (SSSR count). The molecule has 2 fully saturated rings. The van der Waals surface area contributed by atoms with Gasteiger partial charge >= 0.3 is 5.97 Å². The van der Waals surface area contributed by atoms with Gasteiger partial charge in [0.15, 0.2) is 0 Å². The van der Waals surface area contributed by atoms with E-state index in [0.717, 1.165) is 25.4 Å². The van der Waals surface area contributed by atoms with Crippen LogP contribution in [0.25, 0.3) is 0 Å². The number of nitrogens with one attached hydrogen (secondary N) is 1. The maximum Gasteiger partial charge on any atom is 0.305 e. The van der Waals surface area contributed by atoms with Gasteiger partial charge < -0.3 is 15.0 Å². The van der Waals surface area contributed by atoms with Gasteiger partial charge in [0.2, 0.25) is 5.91 Å². The molecule has 0 aromatic rings. The number of likely N-dealkylation sites (tertiary alicyclic amines) is 1. The maximum absolute atomic E-state index is 12.0. The largest absolute Gasteiger partial charge is 0.469 e. The molecule has 5 heteroatoms. The highest BCUT2D eigenvalue weighted by atomic mass is 16.5. The molecule has 5 nitrogen and oxygen atoms in total. The summed E-state index contributed by atoms with van der Waals surface area (Å²) in [7, 11) is 1.42. The summed E-state index contributed by atoms with van der Waals surface area (Å²) in [6.07, 6.45) is 5.88. The highest BCUT2D eigenvalue weighted by molar-refractivity contribution is 5.76. The Bertz CT molecular complexity index is 369. The summed E-state index contributed by atoms with van der Waals surface area (Å²) in [5.41, 5.74) is 0. The van der Waals surface area contributed by atoms with Crippen LogP contribution in [-0.2, 0) is 14.3 Å². The van der Waals surface area contributed by atoms with Crippen molar-refractivity contribution in [2.75, 3.05) is 26.7 Å². The van der Waals surface area contributed by atoms with E-state index in [9.17, 15) is 9.59 Å². The molecule has 1 amide bonds. The van der Waals surface area contributed by atoms with Crippen LogP contribution in [-0.4, -0.2) is 49.6 Å². The molecule has 120 valence electrons. The van der Waals surface area contributed by atoms with Crippen LogP contribution in [0.4, 0.5) is 0 Å². The SMILES string of the molecule is CCC(=O)N1CC(CC(=O)OC)CC(NCC2CCC2)C1. The van der Waals surface area contributed by atoms with E-state index in [0.29, 0.717) is 25.4 Å². The average Bonchev–Trinajstić information content (AvgIpc) is 2.44. The van der Waals surface area contributed by atoms with Gasteiger partial charge in [0.1, 0.15) is 0 Å². The number of rotatable bonds is 6. The Kier molecular flexibility index (Phi) is 6.03. The molecule has 2 atom stereocenters. The van der Waals surface area contributed by atoms with Crippen LogP contribution >= 0.6 is 0 Å². The number of hydrogen-bond acceptors (Lipinski definition) is 4. The number of carbonyl (C=O) groups is 2. The van der Waals surface area contributed by atoms with E-state index < -0.39 is 0 Å². The van der Waals surface area contributed by atoms with Crippen molar-refractivity contribution in [1.82, 2.24) is 10.2 Å². The molecule has 0 aromatic carbocycles. The summed E-state index contributed by atoms with van der Waals surface area (Å²) in [4.78, 5) is 25.4. The van der Waals surface area contributed by atoms with Crippen molar-refractivity contribution >= 4 is 11.9 Å². The molecule has 1 N–H and O–H groups in total. The van der Waals surface area contributed by atoms with Gasteiger partial charge in [0.25, 0.3) is 0 Å². The van der Waals surface area contributed by atoms with E-state index in [1.54, 1.807) is 0 Å². The Hall–Kier alpha value is -1.10. The van der Waals surface area contributed by atoms with E-state index in [2.05, 4.69) is 5.32 Å². The number of carbonyl (C=O) groups excluding carboxylic acids is 2. The first-order chi connectivity index (χ1) is 10.1. The number of methoxy groups -OCH3 is 1. The van der Waals surface area contributed by atoms with Gasteiger partial charge in [-0.2, -0.15) is 0 Å². The van der Waals surface area contributed by atoms with Gasteiger partial charge in [-0.25, -0.2) is 0 Å². The van der Waals surface area contributed by atoms with Gasteiger partial charge in [0.05, 0.1) is 13.5 Å². The van der Waals surface area contributed by atoms with Crippen molar-refractivity contribution in [1.29, 1.82) is 0 Å². The normalized spacial score (nSPS) is 26.3. The monoisotopic (exact) mass is 296 g/mol. The van der Waals surface area contributed by atoms with E-state index in [-0.39, 0.29) is 17.8 Å². The summed E-state index contributed by atoms with van der Waals surface area (Å²) < 4.78 is 4.77. The van der Waals surface area contributed by atoms with E-state index in [1.165, 1.54) is 26.4 Å². The minimum Gasteiger partial charge on any atom is -0.469 e. The molecule has 1 saturated carbocycles. The van der Waals surface area contributed by atoms with Crippen LogP contribution in [0.2, 0.25) is 0 Å². The number of ether oxygens (including phenoxy) is 1. The fraction of sp³-hybridized carbons (Fsp3) is 0.875. The molecule has 0 bridgehead atoms. The van der Waals surface area contributed by atoms with Gasteiger partial charge in [-0.3, -0.25) is 9.59 Å². The highest BCUT2D eigenvalue weighted by Crippen LogP contribution is 2.26. The molecular weight excluding hydrogens is 268 g/mol. The van der Waals surface area contributed by atoms with Gasteiger partial charge in [-0.05, 0) is 37.6 Å². The molecule has 1 aliphatic heterocycles. The molecule has 1 saturated heterocycles. The first kappa shape index (κ1) is 16.3. The van der Waals surface area contributed by atoms with Gasteiger partial charge in [-0.1, -0.05) is 13.3 Å². The third-order valence-corrected chi connectivity index (χ3v) is 4.80. The molecule has 2 aliphatic rings. The average molecular weight is 296 g/mol. The molecular formula is C16H28N2O3. The second-order valence-electron chi connectivity index (χ2n) is 6.44. The molecule has 1 heterocycles. The van der Waals surface area contributed by atoms with Crippen molar-refractivity contribution in [2.24, 2.45) is 11.8 Å². The fourth-order valence-corrected chi connectivity index (χ4v) is 3.28. The minimum atomic E-state index is -0.177. The second kappa shape index (κ2) is 7.78. The lowest BCUT2D eigenvalue weighted by molar-refractivity contribution is -0.143. The van der Waals surface area contributed by atoms with Crippen LogP contribution in [0.1, 0.15) is 45.4 Å². The first-order valence-electron chi connectivity index (χ1n) is 8.20. The van der Waals surface area contributed by atoms with Crippen LogP contribution in [0.3, 0.4) is 0 Å². The lowest BCUT2D eigenvalue weighted by Gasteiger charge is -2.39. The third kappa shape index (κ3) is 4.70. The Labute approximate surface area is 127 Å². The van der Waals surface area contributed by atoms with Crippen LogP contribution < -0.4 is 5.32 Å². The highest BCUT2D eigenvalue weighted by Gasteiger charge is 2.31. The minimum absolute atomic E-state index is 0.177. The Morgan fingerprint density at radius 3 is 2.57 bits per heavy atom. The summed E-state index contributed by atoms with van der Waals surface area (Å²) in [6.45, 7) is 4.40. The predicted molar refractivity (Wildman–Crippen MR) is 80.7 cm³/mol. The zero-order valence-electron chi connectivity index (χ0n) is 13.3. The lowest BCUT2D eigenvalue weighted by Crippen LogP contribution is -2.52.